The molecule has 2 heterocycles. The number of hydrogen-bond acceptors (Lipinski definition) is 5. The van der Waals surface area contributed by atoms with Gasteiger partial charge in [-0.2, -0.15) is 0 Å². The molecule has 6 nitrogen and oxygen atoms in total. The summed E-state index contributed by atoms with van der Waals surface area (Å²) < 4.78 is 27.1. The average molecular weight is 370 g/mol. The summed E-state index contributed by atoms with van der Waals surface area (Å²) in [5, 5.41) is 9.98. The highest BCUT2D eigenvalue weighted by Gasteiger charge is 2.24. The van der Waals surface area contributed by atoms with Crippen LogP contribution in [0.5, 0.6) is 5.75 Å². The monoisotopic (exact) mass is 370 g/mol. The van der Waals surface area contributed by atoms with E-state index in [-0.39, 0.29) is 11.7 Å². The number of aromatic hydroxyl groups is 1. The third-order valence-electron chi connectivity index (χ3n) is 4.62. The van der Waals surface area contributed by atoms with E-state index in [1.54, 1.807) is 17.0 Å². The van der Waals surface area contributed by atoms with Gasteiger partial charge in [0.15, 0.2) is 11.6 Å². The molecule has 0 atom stereocenters. The Hall–Kier alpha value is -3.29. The maximum absolute atomic E-state index is 13.7. The fraction of sp³-hybridized carbons (Fsp3) is 0.211. The summed E-state index contributed by atoms with van der Waals surface area (Å²) in [6.07, 6.45) is 1.32. The van der Waals surface area contributed by atoms with Crippen molar-refractivity contribution in [2.75, 3.05) is 31.1 Å². The number of anilines is 1. The summed E-state index contributed by atoms with van der Waals surface area (Å²) in [4.78, 5) is 24.4. The van der Waals surface area contributed by atoms with Crippen molar-refractivity contribution < 1.29 is 18.7 Å². The standard InChI is InChI=1S/C19H16F2N4O2/c20-15-9-14-17(10-16(15)21)22-11-23-18(14)24-4-6-25(7-5-24)19(27)12-2-1-3-13(26)8-12/h1-3,8-11,26H,4-7H2. The molecular weight excluding hydrogens is 354 g/mol. The summed E-state index contributed by atoms with van der Waals surface area (Å²) >= 11 is 0. The van der Waals surface area contributed by atoms with Crippen molar-refractivity contribution >= 4 is 22.6 Å². The van der Waals surface area contributed by atoms with E-state index in [1.165, 1.54) is 18.5 Å². The number of amides is 1. The van der Waals surface area contributed by atoms with Crippen LogP contribution in [0, 0.1) is 11.6 Å². The van der Waals surface area contributed by atoms with Gasteiger partial charge in [0.2, 0.25) is 0 Å². The fourth-order valence-electron chi connectivity index (χ4n) is 3.23. The van der Waals surface area contributed by atoms with Gasteiger partial charge in [-0.1, -0.05) is 6.07 Å². The van der Waals surface area contributed by atoms with Crippen LogP contribution in [0.1, 0.15) is 10.4 Å². The fourth-order valence-corrected chi connectivity index (χ4v) is 3.23. The predicted octanol–water partition coefficient (Wildman–Crippen LogP) is 2.58. The summed E-state index contributed by atoms with van der Waals surface area (Å²) in [5.74, 6) is -1.50. The van der Waals surface area contributed by atoms with Gasteiger partial charge in [0.1, 0.15) is 17.9 Å². The Morgan fingerprint density at radius 1 is 1.00 bits per heavy atom. The molecule has 0 aliphatic carbocycles. The second-order valence-corrected chi connectivity index (χ2v) is 6.31. The number of fused-ring (bicyclic) bond motifs is 1. The van der Waals surface area contributed by atoms with Crippen LogP contribution in [0.15, 0.2) is 42.7 Å². The molecule has 8 heteroatoms. The van der Waals surface area contributed by atoms with Gasteiger partial charge in [-0.05, 0) is 24.3 Å². The minimum absolute atomic E-state index is 0.0428. The number of carbonyl (C=O) groups is 1. The summed E-state index contributed by atoms with van der Waals surface area (Å²) in [5.41, 5.74) is 0.755. The van der Waals surface area contributed by atoms with E-state index in [2.05, 4.69) is 9.97 Å². The van der Waals surface area contributed by atoms with Gasteiger partial charge >= 0.3 is 0 Å². The van der Waals surface area contributed by atoms with E-state index in [1.807, 2.05) is 4.90 Å². The van der Waals surface area contributed by atoms with Crippen LogP contribution in [0.3, 0.4) is 0 Å². The van der Waals surface area contributed by atoms with Crippen LogP contribution in [-0.4, -0.2) is 52.1 Å². The van der Waals surface area contributed by atoms with E-state index < -0.39 is 11.6 Å². The molecule has 2 aromatic carbocycles. The van der Waals surface area contributed by atoms with Crippen LogP contribution in [-0.2, 0) is 0 Å². The third-order valence-corrected chi connectivity index (χ3v) is 4.62. The quantitative estimate of drug-likeness (QED) is 0.751. The molecular formula is C19H16F2N4O2. The molecule has 1 aromatic heterocycles. The Bertz CT molecular complexity index is 1020. The zero-order chi connectivity index (χ0) is 19.0. The van der Waals surface area contributed by atoms with Crippen molar-refractivity contribution in [2.45, 2.75) is 0 Å². The molecule has 1 aliphatic rings. The first kappa shape index (κ1) is 17.1. The minimum Gasteiger partial charge on any atom is -0.508 e. The van der Waals surface area contributed by atoms with Crippen molar-refractivity contribution in [2.24, 2.45) is 0 Å². The number of piperazine rings is 1. The predicted molar refractivity (Wildman–Crippen MR) is 95.7 cm³/mol. The molecule has 0 saturated carbocycles. The van der Waals surface area contributed by atoms with Crippen LogP contribution >= 0.6 is 0 Å². The van der Waals surface area contributed by atoms with E-state index in [9.17, 15) is 18.7 Å². The molecule has 1 amide bonds. The normalized spacial score (nSPS) is 14.6. The molecule has 0 spiro atoms. The van der Waals surface area contributed by atoms with Gasteiger partial charge in [-0.25, -0.2) is 18.7 Å². The van der Waals surface area contributed by atoms with Crippen molar-refractivity contribution in [1.29, 1.82) is 0 Å². The lowest BCUT2D eigenvalue weighted by molar-refractivity contribution is 0.0746. The number of rotatable bonds is 2. The molecule has 138 valence electrons. The van der Waals surface area contributed by atoms with Crippen molar-refractivity contribution in [1.82, 2.24) is 14.9 Å². The molecule has 0 unspecified atom stereocenters. The SMILES string of the molecule is O=C(c1cccc(O)c1)N1CCN(c2ncnc3cc(F)c(F)cc23)CC1. The topological polar surface area (TPSA) is 69.6 Å². The van der Waals surface area contributed by atoms with Crippen LogP contribution in [0.2, 0.25) is 0 Å². The first-order valence-corrected chi connectivity index (χ1v) is 8.46. The van der Waals surface area contributed by atoms with Crippen molar-refractivity contribution in [3.8, 4) is 5.75 Å². The van der Waals surface area contributed by atoms with Crippen LogP contribution < -0.4 is 4.90 Å². The number of phenolic OH excluding ortho intramolecular Hbond substituents is 1. The number of aromatic nitrogens is 2. The van der Waals surface area contributed by atoms with E-state index in [4.69, 9.17) is 0 Å². The first-order valence-electron chi connectivity index (χ1n) is 8.46. The Balaban J connectivity index is 1.54. The number of benzene rings is 2. The van der Waals surface area contributed by atoms with Gasteiger partial charge in [0.05, 0.1) is 5.52 Å². The maximum atomic E-state index is 13.7. The highest BCUT2D eigenvalue weighted by Crippen LogP contribution is 2.26. The number of halogens is 2. The van der Waals surface area contributed by atoms with Gasteiger partial charge in [-0.15, -0.1) is 0 Å². The lowest BCUT2D eigenvalue weighted by Gasteiger charge is -2.35. The second-order valence-electron chi connectivity index (χ2n) is 6.31. The summed E-state index contributed by atoms with van der Waals surface area (Å²) in [7, 11) is 0. The Morgan fingerprint density at radius 2 is 1.74 bits per heavy atom. The molecule has 1 saturated heterocycles. The number of carbonyl (C=O) groups excluding carboxylic acids is 1. The lowest BCUT2D eigenvalue weighted by atomic mass is 10.1. The molecule has 1 aliphatic heterocycles. The third kappa shape index (κ3) is 3.25. The number of hydrogen-bond donors (Lipinski definition) is 1. The highest BCUT2D eigenvalue weighted by molar-refractivity contribution is 5.95. The molecule has 3 aromatic rings. The van der Waals surface area contributed by atoms with E-state index in [0.29, 0.717) is 48.5 Å². The van der Waals surface area contributed by atoms with Crippen molar-refractivity contribution in [3.63, 3.8) is 0 Å². The van der Waals surface area contributed by atoms with Crippen LogP contribution in [0.25, 0.3) is 10.9 Å². The van der Waals surface area contributed by atoms with Gasteiger partial charge in [0.25, 0.3) is 5.91 Å². The largest absolute Gasteiger partial charge is 0.508 e. The van der Waals surface area contributed by atoms with E-state index in [0.717, 1.165) is 12.1 Å². The molecule has 1 fully saturated rings. The zero-order valence-electron chi connectivity index (χ0n) is 14.3. The molecule has 27 heavy (non-hydrogen) atoms. The Labute approximate surface area is 153 Å². The van der Waals surface area contributed by atoms with Gasteiger partial charge < -0.3 is 14.9 Å². The van der Waals surface area contributed by atoms with Gasteiger partial charge in [-0.3, -0.25) is 4.79 Å². The smallest absolute Gasteiger partial charge is 0.254 e. The molecule has 0 bridgehead atoms. The first-order chi connectivity index (χ1) is 13.0. The molecule has 4 rings (SSSR count). The summed E-state index contributed by atoms with van der Waals surface area (Å²) in [6, 6.07) is 8.38. The Kier molecular flexibility index (Phi) is 4.31. The number of nitrogens with zero attached hydrogens (tertiary/aromatic N) is 4. The van der Waals surface area contributed by atoms with Gasteiger partial charge in [0, 0.05) is 43.2 Å². The van der Waals surface area contributed by atoms with E-state index >= 15 is 0 Å². The highest BCUT2D eigenvalue weighted by atomic mass is 19.2. The van der Waals surface area contributed by atoms with Crippen molar-refractivity contribution in [3.05, 3.63) is 59.9 Å². The van der Waals surface area contributed by atoms with Crippen LogP contribution in [0.4, 0.5) is 14.6 Å². The molecule has 0 radical (unpaired) electrons. The molecule has 1 N–H and O–H groups in total. The Morgan fingerprint density at radius 3 is 2.48 bits per heavy atom. The second kappa shape index (κ2) is 6.79. The summed E-state index contributed by atoms with van der Waals surface area (Å²) in [6.45, 7) is 1.89. The number of phenols is 1. The maximum Gasteiger partial charge on any atom is 0.254 e. The lowest BCUT2D eigenvalue weighted by Crippen LogP contribution is -2.49. The average Bonchev–Trinajstić information content (AvgIpc) is 2.68. The zero-order valence-corrected chi connectivity index (χ0v) is 14.3. The minimum atomic E-state index is -0.950.